The second-order valence-corrected chi connectivity index (χ2v) is 12.1. The van der Waals surface area contributed by atoms with E-state index in [0.29, 0.717) is 16.0 Å². The minimum Gasteiger partial charge on any atom is -0.482 e. The van der Waals surface area contributed by atoms with E-state index >= 15 is 0 Å². The van der Waals surface area contributed by atoms with Gasteiger partial charge in [-0.2, -0.15) is 13.2 Å². The molecule has 9 heteroatoms. The van der Waals surface area contributed by atoms with Gasteiger partial charge in [0.05, 0.1) is 11.3 Å². The average Bonchev–Trinajstić information content (AvgIpc) is 2.86. The van der Waals surface area contributed by atoms with Gasteiger partial charge in [-0.3, -0.25) is 4.31 Å². The Morgan fingerprint density at radius 2 is 1.67 bits per heavy atom. The highest BCUT2D eigenvalue weighted by molar-refractivity contribution is 7.90. The molecule has 2 atom stereocenters. The number of alkyl halides is 3. The summed E-state index contributed by atoms with van der Waals surface area (Å²) in [5.74, 6) is -0.824. The van der Waals surface area contributed by atoms with Crippen molar-refractivity contribution in [1.82, 2.24) is 0 Å². The van der Waals surface area contributed by atoms with Crippen LogP contribution in [0.3, 0.4) is 0 Å². The van der Waals surface area contributed by atoms with Crippen molar-refractivity contribution in [2.75, 3.05) is 18.0 Å². The average molecular weight is 564 g/mol. The van der Waals surface area contributed by atoms with E-state index in [1.54, 1.807) is 31.3 Å². The first-order valence-corrected chi connectivity index (χ1v) is 13.4. The van der Waals surface area contributed by atoms with Gasteiger partial charge in [0.15, 0.2) is 6.61 Å². The summed E-state index contributed by atoms with van der Waals surface area (Å²) in [7, 11) is 0.115. The number of hydrogen-bond acceptors (Lipinski definition) is 3. The summed E-state index contributed by atoms with van der Waals surface area (Å²) in [6.07, 6.45) is -1.35. The van der Waals surface area contributed by atoms with Crippen LogP contribution in [-0.2, 0) is 26.7 Å². The molecule has 0 radical (unpaired) electrons. The molecule has 2 aromatic carbocycles. The quantitative estimate of drug-likeness (QED) is 0.234. The number of ether oxygens (including phenoxy) is 1. The van der Waals surface area contributed by atoms with Crippen LogP contribution in [0.1, 0.15) is 58.6 Å². The molecule has 0 heterocycles. The number of allylic oxidation sites excluding steroid dienone is 4. The molecule has 39 heavy (non-hydrogen) atoms. The van der Waals surface area contributed by atoms with E-state index in [1.165, 1.54) is 18.2 Å². The van der Waals surface area contributed by atoms with Gasteiger partial charge in [0, 0.05) is 12.0 Å². The Kier molecular flexibility index (Phi) is 10.4. The second-order valence-electron chi connectivity index (χ2n) is 10.4. The molecule has 0 aliphatic carbocycles. The summed E-state index contributed by atoms with van der Waals surface area (Å²) >= 11 is 0. The Bertz CT molecular complexity index is 1290. The summed E-state index contributed by atoms with van der Waals surface area (Å²) in [5, 5.41) is 8.88. The first-order valence-electron chi connectivity index (χ1n) is 12.3. The molecule has 0 aromatic heterocycles. The predicted molar refractivity (Wildman–Crippen MR) is 152 cm³/mol. The fourth-order valence-electron chi connectivity index (χ4n) is 3.89. The molecule has 212 valence electrons. The van der Waals surface area contributed by atoms with Crippen LogP contribution in [0.2, 0.25) is 0 Å². The van der Waals surface area contributed by atoms with Crippen LogP contribution in [0.25, 0.3) is 11.1 Å². The van der Waals surface area contributed by atoms with Crippen molar-refractivity contribution in [2.24, 2.45) is 5.41 Å². The van der Waals surface area contributed by atoms with Gasteiger partial charge in [-0.1, -0.05) is 52.5 Å². The van der Waals surface area contributed by atoms with Crippen LogP contribution in [0.5, 0.6) is 0 Å². The number of benzene rings is 2. The Morgan fingerprint density at radius 3 is 2.15 bits per heavy atom. The summed E-state index contributed by atoms with van der Waals surface area (Å²) in [5.41, 5.74) is 2.76. The van der Waals surface area contributed by atoms with E-state index in [1.807, 2.05) is 18.2 Å². The minimum absolute atomic E-state index is 0.0176. The van der Waals surface area contributed by atoms with Gasteiger partial charge in [-0.25, -0.2) is 9.00 Å². The van der Waals surface area contributed by atoms with E-state index in [2.05, 4.69) is 34.3 Å². The first kappa shape index (κ1) is 31.9. The number of hydrogen-bond donors (Lipinski definition) is 1. The molecule has 2 unspecified atom stereocenters. The van der Waals surface area contributed by atoms with Crippen molar-refractivity contribution in [3.63, 3.8) is 0 Å². The molecule has 0 aliphatic heterocycles. The lowest BCUT2D eigenvalue weighted by Crippen LogP contribution is -2.25. The van der Waals surface area contributed by atoms with Gasteiger partial charge >= 0.3 is 12.1 Å². The predicted octanol–water partition coefficient (Wildman–Crippen LogP) is 8.09. The maximum atomic E-state index is 13.5. The van der Waals surface area contributed by atoms with Gasteiger partial charge in [0.1, 0.15) is 16.7 Å². The monoisotopic (exact) mass is 563 g/mol. The zero-order chi connectivity index (χ0) is 29.7. The zero-order valence-corrected chi connectivity index (χ0v) is 24.2. The first-order chi connectivity index (χ1) is 18.0. The number of carboxylic acids is 1. The van der Waals surface area contributed by atoms with Crippen molar-refractivity contribution in [2.45, 2.75) is 53.6 Å². The van der Waals surface area contributed by atoms with Crippen molar-refractivity contribution < 1.29 is 32.0 Å². The molecule has 2 rings (SSSR count). The Hall–Kier alpha value is -3.33. The Morgan fingerprint density at radius 1 is 1.10 bits per heavy atom. The van der Waals surface area contributed by atoms with Crippen molar-refractivity contribution in [3.8, 4) is 11.1 Å². The van der Waals surface area contributed by atoms with Crippen LogP contribution in [0.15, 0.2) is 77.4 Å². The normalized spacial score (nSPS) is 14.8. The highest BCUT2D eigenvalue weighted by Crippen LogP contribution is 2.42. The molecule has 0 saturated heterocycles. The second kappa shape index (κ2) is 12.7. The number of carboxylic acid groups (broad SMARTS) is 1. The SMILES string of the molecule is C=C/C(OCC(=O)O)=C(C)\C=C(/C)S(=O)N(C)c1ccc(-c2ccc(C(F)(F)F)cc2)cc1C(C)C(C)(C)C. The van der Waals surface area contributed by atoms with Gasteiger partial charge in [0.25, 0.3) is 0 Å². The highest BCUT2D eigenvalue weighted by Gasteiger charge is 2.30. The number of carbonyl (C=O) groups is 1. The van der Waals surface area contributed by atoms with E-state index in [-0.39, 0.29) is 17.1 Å². The van der Waals surface area contributed by atoms with E-state index in [9.17, 15) is 22.2 Å². The number of rotatable bonds is 10. The molecular weight excluding hydrogens is 527 g/mol. The van der Waals surface area contributed by atoms with Crippen LogP contribution in [-0.4, -0.2) is 28.9 Å². The summed E-state index contributed by atoms with van der Waals surface area (Å²) in [6, 6.07) is 10.6. The van der Waals surface area contributed by atoms with Gasteiger partial charge in [0.2, 0.25) is 0 Å². The Labute approximate surface area is 231 Å². The van der Waals surface area contributed by atoms with Crippen LogP contribution in [0.4, 0.5) is 18.9 Å². The molecule has 5 nitrogen and oxygen atoms in total. The lowest BCUT2D eigenvalue weighted by atomic mass is 9.76. The number of aliphatic carboxylic acids is 1. The number of anilines is 1. The molecule has 0 amide bonds. The molecule has 2 aromatic rings. The largest absolute Gasteiger partial charge is 0.482 e. The molecule has 0 spiro atoms. The summed E-state index contributed by atoms with van der Waals surface area (Å²) in [4.78, 5) is 11.4. The van der Waals surface area contributed by atoms with Crippen molar-refractivity contribution in [3.05, 3.63) is 88.6 Å². The van der Waals surface area contributed by atoms with Crippen molar-refractivity contribution >= 4 is 22.6 Å². The van der Waals surface area contributed by atoms with E-state index < -0.39 is 35.3 Å². The number of nitrogens with zero attached hydrogens (tertiary/aromatic N) is 1. The maximum absolute atomic E-state index is 13.5. The van der Waals surface area contributed by atoms with Gasteiger partial charge < -0.3 is 9.84 Å². The smallest absolute Gasteiger partial charge is 0.416 e. The fraction of sp³-hybridized carbons (Fsp3) is 0.367. The summed E-state index contributed by atoms with van der Waals surface area (Å²) in [6.45, 7) is 14.9. The lowest BCUT2D eigenvalue weighted by molar-refractivity contribution is -0.140. The molecule has 0 aliphatic rings. The maximum Gasteiger partial charge on any atom is 0.416 e. The molecule has 0 bridgehead atoms. The third-order valence-electron chi connectivity index (χ3n) is 6.55. The minimum atomic E-state index is -4.41. The number of halogens is 3. The molecule has 0 fully saturated rings. The van der Waals surface area contributed by atoms with E-state index in [4.69, 9.17) is 9.84 Å². The van der Waals surface area contributed by atoms with Crippen LogP contribution < -0.4 is 4.31 Å². The fourth-order valence-corrected chi connectivity index (χ4v) is 4.95. The highest BCUT2D eigenvalue weighted by atomic mass is 32.2. The Balaban J connectivity index is 2.51. The van der Waals surface area contributed by atoms with Crippen LogP contribution >= 0.6 is 0 Å². The third-order valence-corrected chi connectivity index (χ3v) is 7.91. The molecule has 0 saturated carbocycles. The van der Waals surface area contributed by atoms with Crippen molar-refractivity contribution in [1.29, 1.82) is 0 Å². The van der Waals surface area contributed by atoms with E-state index in [0.717, 1.165) is 28.9 Å². The molecule has 1 N–H and O–H groups in total. The van der Waals surface area contributed by atoms with Gasteiger partial charge in [-0.15, -0.1) is 0 Å². The van der Waals surface area contributed by atoms with Crippen LogP contribution in [0, 0.1) is 5.41 Å². The van der Waals surface area contributed by atoms with Gasteiger partial charge in [-0.05, 0) is 83.9 Å². The topological polar surface area (TPSA) is 66.8 Å². The molecular formula is C30H36F3NO4S. The standard InChI is InChI=1S/C30H36F3NO4S/c1-9-27(38-18-28(35)36)19(2)16-20(3)39(37)34(8)26-15-12-23(17-25(26)21(4)29(5,6)7)22-10-13-24(14-11-22)30(31,32)33/h9-17,21H,1,18H2,2-8H3,(H,35,36)/b20-16+,27-19+. The zero-order valence-electron chi connectivity index (χ0n) is 23.3. The third kappa shape index (κ3) is 8.33. The lowest BCUT2D eigenvalue weighted by Gasteiger charge is -2.32. The summed E-state index contributed by atoms with van der Waals surface area (Å²) < 4.78 is 59.6.